The van der Waals surface area contributed by atoms with Gasteiger partial charge in [0.25, 0.3) is 5.56 Å². The van der Waals surface area contributed by atoms with Gasteiger partial charge in [-0.2, -0.15) is 11.3 Å². The Morgan fingerprint density at radius 3 is 2.83 bits per heavy atom. The van der Waals surface area contributed by atoms with Crippen LogP contribution in [-0.2, 0) is 27.2 Å². The molecule has 0 spiro atoms. The van der Waals surface area contributed by atoms with Gasteiger partial charge in [0.1, 0.15) is 0 Å². The van der Waals surface area contributed by atoms with Crippen LogP contribution in [0.4, 0.5) is 0 Å². The number of hydrogen-bond acceptors (Lipinski definition) is 5. The third-order valence-corrected chi connectivity index (χ3v) is 5.14. The van der Waals surface area contributed by atoms with Gasteiger partial charge >= 0.3 is 5.69 Å². The first-order chi connectivity index (χ1) is 11.1. The minimum atomic E-state index is -0.286. The predicted octanol–water partition coefficient (Wildman–Crippen LogP) is 0.510. The Balaban J connectivity index is 1.89. The van der Waals surface area contributed by atoms with E-state index in [1.165, 1.54) is 21.7 Å². The third-order valence-electron chi connectivity index (χ3n) is 4.41. The van der Waals surface area contributed by atoms with E-state index < -0.39 is 0 Å². The number of aryl methyl sites for hydroxylation is 1. The average Bonchev–Trinajstić information content (AvgIpc) is 3.22. The number of thiophene rings is 1. The van der Waals surface area contributed by atoms with Gasteiger partial charge in [0, 0.05) is 51.5 Å². The maximum absolute atomic E-state index is 12.4. The summed E-state index contributed by atoms with van der Waals surface area (Å²) < 4.78 is 2.66. The molecule has 3 heterocycles. The summed E-state index contributed by atoms with van der Waals surface area (Å²) in [7, 11) is 3.22. The normalized spacial score (nSPS) is 18.0. The molecule has 0 aliphatic carbocycles. The van der Waals surface area contributed by atoms with Gasteiger partial charge in [-0.1, -0.05) is 0 Å². The first-order valence-corrected chi connectivity index (χ1v) is 8.72. The Morgan fingerprint density at radius 2 is 2.17 bits per heavy atom. The molecule has 23 heavy (non-hydrogen) atoms. The Hall–Kier alpha value is -1.70. The van der Waals surface area contributed by atoms with Crippen molar-refractivity contribution in [1.82, 2.24) is 19.4 Å². The quantitative estimate of drug-likeness (QED) is 0.866. The van der Waals surface area contributed by atoms with Crippen molar-refractivity contribution in [3.05, 3.63) is 55.0 Å². The maximum atomic E-state index is 12.4. The van der Waals surface area contributed by atoms with E-state index in [1.807, 2.05) is 0 Å². The van der Waals surface area contributed by atoms with E-state index >= 15 is 0 Å². The van der Waals surface area contributed by atoms with Gasteiger partial charge in [-0.25, -0.2) is 4.79 Å². The van der Waals surface area contributed by atoms with E-state index in [9.17, 15) is 9.59 Å². The highest BCUT2D eigenvalue weighted by Crippen LogP contribution is 2.17. The lowest BCUT2D eigenvalue weighted by molar-refractivity contribution is 0.188. The Labute approximate surface area is 139 Å². The second-order valence-corrected chi connectivity index (χ2v) is 6.88. The number of aromatic nitrogens is 2. The Morgan fingerprint density at radius 1 is 1.35 bits per heavy atom. The highest BCUT2D eigenvalue weighted by Gasteiger charge is 2.24. The van der Waals surface area contributed by atoms with E-state index in [0.717, 1.165) is 26.1 Å². The van der Waals surface area contributed by atoms with Gasteiger partial charge in [-0.05, 0) is 35.4 Å². The number of nitrogens with one attached hydrogen (secondary N) is 1. The Kier molecular flexibility index (Phi) is 4.79. The van der Waals surface area contributed by atoms with Crippen molar-refractivity contribution in [1.29, 1.82) is 0 Å². The zero-order valence-electron chi connectivity index (χ0n) is 13.5. The fourth-order valence-electron chi connectivity index (χ4n) is 3.09. The van der Waals surface area contributed by atoms with Crippen molar-refractivity contribution in [2.24, 2.45) is 14.1 Å². The second kappa shape index (κ2) is 6.82. The average molecular weight is 334 g/mol. The van der Waals surface area contributed by atoms with Crippen LogP contribution in [0.1, 0.15) is 17.5 Å². The molecule has 0 unspecified atom stereocenters. The summed E-state index contributed by atoms with van der Waals surface area (Å²) in [5, 5.41) is 7.61. The largest absolute Gasteiger partial charge is 0.330 e. The van der Waals surface area contributed by atoms with Crippen LogP contribution >= 0.6 is 11.3 Å². The summed E-state index contributed by atoms with van der Waals surface area (Å²) in [6, 6.07) is 2.54. The van der Waals surface area contributed by atoms with Crippen molar-refractivity contribution in [2.45, 2.75) is 25.6 Å². The molecule has 2 aromatic heterocycles. The molecule has 1 aliphatic heterocycles. The molecule has 1 N–H and O–H groups in total. The van der Waals surface area contributed by atoms with Crippen LogP contribution in [0.3, 0.4) is 0 Å². The molecule has 0 bridgehead atoms. The van der Waals surface area contributed by atoms with Gasteiger partial charge in [0.2, 0.25) is 0 Å². The van der Waals surface area contributed by atoms with Crippen LogP contribution in [0, 0.1) is 0 Å². The SMILES string of the molecule is Cn1cc(CN(Cc2ccsc2)[C@@H]2CCNC2)c(=O)n(C)c1=O. The standard InChI is InChI=1S/C16H22N4O2S/c1-18-9-13(15(21)19(2)16(18)22)10-20(14-3-5-17-7-14)8-12-4-6-23-11-12/h4,6,9,11,14,17H,3,5,7-8,10H2,1-2H3/t14-/m1/s1. The van der Waals surface area contributed by atoms with Gasteiger partial charge in [-0.15, -0.1) is 0 Å². The van der Waals surface area contributed by atoms with Crippen molar-refractivity contribution >= 4 is 11.3 Å². The molecule has 0 amide bonds. The van der Waals surface area contributed by atoms with Gasteiger partial charge in [0.05, 0.1) is 0 Å². The lowest BCUT2D eigenvalue weighted by Crippen LogP contribution is -2.42. The zero-order chi connectivity index (χ0) is 16.4. The van der Waals surface area contributed by atoms with Crippen LogP contribution in [0.15, 0.2) is 32.6 Å². The van der Waals surface area contributed by atoms with E-state index in [-0.39, 0.29) is 11.2 Å². The second-order valence-electron chi connectivity index (χ2n) is 6.10. The molecule has 1 saturated heterocycles. The molecule has 0 aromatic carbocycles. The van der Waals surface area contributed by atoms with Crippen molar-refractivity contribution in [3.8, 4) is 0 Å². The molecule has 6 nitrogen and oxygen atoms in total. The molecule has 1 fully saturated rings. The van der Waals surface area contributed by atoms with Crippen LogP contribution in [0.25, 0.3) is 0 Å². The molecular formula is C16H22N4O2S. The van der Waals surface area contributed by atoms with E-state index in [2.05, 4.69) is 27.0 Å². The fourth-order valence-corrected chi connectivity index (χ4v) is 3.75. The number of hydrogen-bond donors (Lipinski definition) is 1. The summed E-state index contributed by atoms with van der Waals surface area (Å²) >= 11 is 1.69. The zero-order valence-corrected chi connectivity index (χ0v) is 14.3. The van der Waals surface area contributed by atoms with E-state index in [4.69, 9.17) is 0 Å². The highest BCUT2D eigenvalue weighted by molar-refractivity contribution is 7.07. The van der Waals surface area contributed by atoms with Crippen LogP contribution in [0.5, 0.6) is 0 Å². The number of nitrogens with zero attached hydrogens (tertiary/aromatic N) is 3. The van der Waals surface area contributed by atoms with E-state index in [1.54, 1.807) is 24.6 Å². The maximum Gasteiger partial charge on any atom is 0.330 e. The molecule has 0 saturated carbocycles. The first kappa shape index (κ1) is 16.2. The first-order valence-electron chi connectivity index (χ1n) is 7.77. The summed E-state index contributed by atoms with van der Waals surface area (Å²) in [5.41, 5.74) is 1.44. The monoisotopic (exact) mass is 334 g/mol. The molecule has 1 atom stereocenters. The summed E-state index contributed by atoms with van der Waals surface area (Å²) in [6.07, 6.45) is 2.75. The highest BCUT2D eigenvalue weighted by atomic mass is 32.1. The third kappa shape index (κ3) is 3.46. The lowest BCUT2D eigenvalue weighted by Gasteiger charge is -2.28. The molecule has 2 aromatic rings. The van der Waals surface area contributed by atoms with Crippen LogP contribution in [0.2, 0.25) is 0 Å². The van der Waals surface area contributed by atoms with Crippen molar-refractivity contribution in [3.63, 3.8) is 0 Å². The topological polar surface area (TPSA) is 59.3 Å². The smallest absolute Gasteiger partial charge is 0.315 e. The minimum absolute atomic E-state index is 0.200. The van der Waals surface area contributed by atoms with E-state index in [0.29, 0.717) is 18.2 Å². The van der Waals surface area contributed by atoms with Crippen LogP contribution in [-0.4, -0.2) is 33.2 Å². The van der Waals surface area contributed by atoms with Crippen molar-refractivity contribution < 1.29 is 0 Å². The fraction of sp³-hybridized carbons (Fsp3) is 0.500. The van der Waals surface area contributed by atoms with Crippen LogP contribution < -0.4 is 16.6 Å². The molecule has 0 radical (unpaired) electrons. The van der Waals surface area contributed by atoms with Gasteiger partial charge < -0.3 is 9.88 Å². The summed E-state index contributed by atoms with van der Waals surface area (Å²) in [4.78, 5) is 26.6. The molecule has 3 rings (SSSR count). The summed E-state index contributed by atoms with van der Waals surface area (Å²) in [6.45, 7) is 3.33. The lowest BCUT2D eigenvalue weighted by atomic mass is 10.1. The van der Waals surface area contributed by atoms with Gasteiger partial charge in [-0.3, -0.25) is 14.3 Å². The molecule has 1 aliphatic rings. The summed E-state index contributed by atoms with van der Waals surface area (Å²) in [5.74, 6) is 0. The van der Waals surface area contributed by atoms with Gasteiger partial charge in [0.15, 0.2) is 0 Å². The van der Waals surface area contributed by atoms with Crippen molar-refractivity contribution in [2.75, 3.05) is 13.1 Å². The molecular weight excluding hydrogens is 312 g/mol. The predicted molar refractivity (Wildman–Crippen MR) is 91.8 cm³/mol. The molecule has 7 heteroatoms. The Bertz CT molecular complexity index is 772. The number of rotatable bonds is 5. The molecule has 124 valence electrons. The minimum Gasteiger partial charge on any atom is -0.315 e.